The molecule has 3 aromatic heterocycles. The Hall–Kier alpha value is -3.81. The van der Waals surface area contributed by atoms with Crippen molar-refractivity contribution >= 4 is 44.7 Å². The Labute approximate surface area is 233 Å². The third-order valence-corrected chi connectivity index (χ3v) is 7.59. The van der Waals surface area contributed by atoms with Gasteiger partial charge in [0.25, 0.3) is 5.56 Å². The number of anilines is 2. The molecule has 4 aromatic rings. The molecule has 1 saturated heterocycles. The molecular weight excluding hydrogens is 532 g/mol. The molecule has 0 aliphatic carbocycles. The van der Waals surface area contributed by atoms with E-state index in [-0.39, 0.29) is 18.5 Å². The molecule has 0 spiro atoms. The van der Waals surface area contributed by atoms with Gasteiger partial charge in [0.05, 0.1) is 18.1 Å². The van der Waals surface area contributed by atoms with E-state index >= 15 is 0 Å². The molecule has 40 heavy (non-hydrogen) atoms. The number of nitrogens with one attached hydrogen (secondary N) is 1. The van der Waals surface area contributed by atoms with Crippen LogP contribution in [0.4, 0.5) is 11.6 Å². The first-order chi connectivity index (χ1) is 19.2. The number of imidazole rings is 1. The molecule has 2 unspecified atom stereocenters. The molecule has 5 rings (SSSR count). The van der Waals surface area contributed by atoms with Crippen molar-refractivity contribution in [2.24, 2.45) is 12.8 Å². The van der Waals surface area contributed by atoms with Crippen LogP contribution in [-0.4, -0.2) is 57.4 Å². The van der Waals surface area contributed by atoms with Crippen LogP contribution in [0.3, 0.4) is 0 Å². The first-order valence-electron chi connectivity index (χ1n) is 13.2. The number of rotatable bonds is 8. The number of aryl methyl sites for hydroxylation is 1. The molecule has 0 amide bonds. The fourth-order valence-corrected chi connectivity index (χ4v) is 5.49. The number of benzene rings is 1. The van der Waals surface area contributed by atoms with E-state index in [1.54, 1.807) is 31.4 Å². The third-order valence-electron chi connectivity index (χ3n) is 7.21. The Bertz CT molecular complexity index is 1750. The second-order valence-corrected chi connectivity index (χ2v) is 11.2. The van der Waals surface area contributed by atoms with Gasteiger partial charge in [-0.1, -0.05) is 23.8 Å². The van der Waals surface area contributed by atoms with E-state index in [2.05, 4.69) is 15.2 Å². The Kier molecular flexibility index (Phi) is 7.88. The van der Waals surface area contributed by atoms with E-state index in [1.165, 1.54) is 9.13 Å². The van der Waals surface area contributed by atoms with E-state index in [0.717, 1.165) is 30.3 Å². The molecule has 1 aliphatic rings. The van der Waals surface area contributed by atoms with Crippen molar-refractivity contribution in [1.29, 1.82) is 0 Å². The quantitative estimate of drug-likeness (QED) is 0.239. The smallest absolute Gasteiger partial charge is 0.332 e. The molecule has 13 heteroatoms. The average Bonchev–Trinajstić information content (AvgIpc) is 3.31. The number of fused-ring (bicyclic) bond motifs is 2. The fourth-order valence-electron chi connectivity index (χ4n) is 5.21. The zero-order valence-electron chi connectivity index (χ0n) is 22.8. The van der Waals surface area contributed by atoms with Crippen LogP contribution in [0.1, 0.15) is 32.4 Å². The maximum Gasteiger partial charge on any atom is 0.332 e. The number of aromatic nitrogens is 5. The molecule has 1 fully saturated rings. The van der Waals surface area contributed by atoms with Crippen molar-refractivity contribution < 1.29 is 8.76 Å². The molecule has 0 radical (unpaired) electrons. The fraction of sp³-hybridized carbons (Fsp3) is 0.407. The van der Waals surface area contributed by atoms with Crippen LogP contribution in [0, 0.1) is 0 Å². The highest BCUT2D eigenvalue weighted by Gasteiger charge is 2.26. The SMILES string of the molecule is CC(C)=CCn1c(N2CCCC(N)C2)nc2c1c(=O)n(Cc1nccc3c(NCS(=O)[O-])cccc13)c(=O)n2C. The van der Waals surface area contributed by atoms with Crippen molar-refractivity contribution in [1.82, 2.24) is 23.7 Å². The van der Waals surface area contributed by atoms with Crippen molar-refractivity contribution in [3.8, 4) is 0 Å². The highest BCUT2D eigenvalue weighted by Crippen LogP contribution is 2.26. The molecule has 2 atom stereocenters. The lowest BCUT2D eigenvalue weighted by molar-refractivity contribution is 0.495. The summed E-state index contributed by atoms with van der Waals surface area (Å²) in [4.78, 5) is 38.9. The van der Waals surface area contributed by atoms with E-state index in [4.69, 9.17) is 10.7 Å². The van der Waals surface area contributed by atoms with Crippen LogP contribution in [0.25, 0.3) is 21.9 Å². The number of pyridine rings is 1. The summed E-state index contributed by atoms with van der Waals surface area (Å²) in [5.74, 6) is 0.384. The summed E-state index contributed by atoms with van der Waals surface area (Å²) in [6.45, 7) is 5.74. The van der Waals surface area contributed by atoms with Gasteiger partial charge in [-0.15, -0.1) is 0 Å². The molecule has 212 valence electrons. The predicted molar refractivity (Wildman–Crippen MR) is 156 cm³/mol. The summed E-state index contributed by atoms with van der Waals surface area (Å²) in [6.07, 6.45) is 5.46. The van der Waals surface area contributed by atoms with Gasteiger partial charge < -0.3 is 25.1 Å². The van der Waals surface area contributed by atoms with Gasteiger partial charge in [0.15, 0.2) is 11.2 Å². The molecule has 0 bridgehead atoms. The molecule has 12 nitrogen and oxygen atoms in total. The highest BCUT2D eigenvalue weighted by molar-refractivity contribution is 7.79. The average molecular weight is 566 g/mol. The second-order valence-electron chi connectivity index (χ2n) is 10.3. The number of piperidine rings is 1. The maximum absolute atomic E-state index is 14.0. The minimum atomic E-state index is -2.27. The Morgan fingerprint density at radius 3 is 2.75 bits per heavy atom. The lowest BCUT2D eigenvalue weighted by atomic mass is 10.1. The van der Waals surface area contributed by atoms with Crippen LogP contribution in [0.15, 0.2) is 51.7 Å². The summed E-state index contributed by atoms with van der Waals surface area (Å²) in [7, 11) is 1.62. The van der Waals surface area contributed by atoms with Gasteiger partial charge in [0.1, 0.15) is 0 Å². The largest absolute Gasteiger partial charge is 0.771 e. The maximum atomic E-state index is 14.0. The normalized spacial score (nSPS) is 16.4. The summed E-state index contributed by atoms with van der Waals surface area (Å²) < 4.78 is 26.6. The van der Waals surface area contributed by atoms with E-state index in [9.17, 15) is 18.4 Å². The predicted octanol–water partition coefficient (Wildman–Crippen LogP) is 1.64. The van der Waals surface area contributed by atoms with Gasteiger partial charge in [-0.3, -0.25) is 23.1 Å². The Morgan fingerprint density at radius 1 is 1.23 bits per heavy atom. The Balaban J connectivity index is 1.66. The van der Waals surface area contributed by atoms with Crippen molar-refractivity contribution in [2.45, 2.75) is 45.8 Å². The zero-order chi connectivity index (χ0) is 28.6. The molecule has 1 aromatic carbocycles. The summed E-state index contributed by atoms with van der Waals surface area (Å²) in [6, 6.07) is 7.16. The highest BCUT2D eigenvalue weighted by atomic mass is 32.2. The van der Waals surface area contributed by atoms with Crippen molar-refractivity contribution in [3.63, 3.8) is 0 Å². The molecular formula is C27H33N8O4S-. The summed E-state index contributed by atoms with van der Waals surface area (Å²) in [5, 5.41) is 4.34. The number of hydrogen-bond acceptors (Lipinski definition) is 9. The summed E-state index contributed by atoms with van der Waals surface area (Å²) >= 11 is -2.27. The summed E-state index contributed by atoms with van der Waals surface area (Å²) in [5.41, 5.74) is 8.20. The van der Waals surface area contributed by atoms with Gasteiger partial charge >= 0.3 is 5.69 Å². The monoisotopic (exact) mass is 565 g/mol. The minimum Gasteiger partial charge on any atom is -0.771 e. The number of nitrogens with zero attached hydrogens (tertiary/aromatic N) is 6. The number of hydrogen-bond donors (Lipinski definition) is 2. The first kappa shape index (κ1) is 27.7. The van der Waals surface area contributed by atoms with Crippen LogP contribution in [0.2, 0.25) is 0 Å². The van der Waals surface area contributed by atoms with E-state index < -0.39 is 22.3 Å². The third kappa shape index (κ3) is 5.31. The van der Waals surface area contributed by atoms with Crippen molar-refractivity contribution in [2.75, 3.05) is 29.2 Å². The zero-order valence-corrected chi connectivity index (χ0v) is 23.6. The van der Waals surface area contributed by atoms with Crippen LogP contribution < -0.4 is 27.2 Å². The standard InChI is InChI=1S/C27H34N8O4S/c1-17(2)10-13-34-23-24(31-26(34)33-12-5-6-18(28)14-33)32(3)27(37)35(25(23)36)15-22-19-7-4-8-21(30-16-40(38)39)20(19)9-11-29-22/h4,7-11,18,30H,5-6,12-16,28H2,1-3H3,(H,38,39)/p-1. The van der Waals surface area contributed by atoms with Gasteiger partial charge in [-0.05, 0) is 49.9 Å². The van der Waals surface area contributed by atoms with E-state index in [1.807, 2.05) is 30.6 Å². The van der Waals surface area contributed by atoms with Gasteiger partial charge in [-0.2, -0.15) is 4.98 Å². The lowest BCUT2D eigenvalue weighted by Crippen LogP contribution is -2.44. The second kappa shape index (κ2) is 11.4. The van der Waals surface area contributed by atoms with Crippen LogP contribution >= 0.6 is 0 Å². The number of allylic oxidation sites excluding steroid dienone is 2. The van der Waals surface area contributed by atoms with Gasteiger partial charge in [-0.25, -0.2) is 4.79 Å². The number of nitrogens with two attached hydrogens (primary N) is 1. The molecule has 1 aliphatic heterocycles. The molecule has 0 saturated carbocycles. The van der Waals surface area contributed by atoms with E-state index in [0.29, 0.717) is 47.0 Å². The minimum absolute atomic E-state index is 0.0106. The topological polar surface area (TPSA) is 156 Å². The first-order valence-corrected chi connectivity index (χ1v) is 14.4. The van der Waals surface area contributed by atoms with Gasteiger partial charge in [0, 0.05) is 55.4 Å². The van der Waals surface area contributed by atoms with Crippen LogP contribution in [0.5, 0.6) is 0 Å². The van der Waals surface area contributed by atoms with Crippen molar-refractivity contribution in [3.05, 3.63) is 68.6 Å². The lowest BCUT2D eigenvalue weighted by Gasteiger charge is -2.31. The van der Waals surface area contributed by atoms with Crippen LogP contribution in [-0.2, 0) is 31.2 Å². The molecule has 4 heterocycles. The Morgan fingerprint density at radius 2 is 2.02 bits per heavy atom. The molecule has 3 N–H and O–H groups in total. The van der Waals surface area contributed by atoms with Gasteiger partial charge in [0.2, 0.25) is 5.95 Å².